The Kier molecular flexibility index (Phi) is 5.60. The molecule has 0 aromatic carbocycles. The quantitative estimate of drug-likeness (QED) is 0.806. The van der Waals surface area contributed by atoms with E-state index in [-0.39, 0.29) is 12.6 Å². The molecule has 1 rings (SSSR count). The number of piperidine rings is 1. The van der Waals surface area contributed by atoms with Gasteiger partial charge in [0.2, 0.25) is 0 Å². The molecule has 0 saturated carbocycles. The molecule has 1 aliphatic rings. The maximum Gasteiger partial charge on any atom is 0.410 e. The zero-order valence-electron chi connectivity index (χ0n) is 11.9. The lowest BCUT2D eigenvalue weighted by molar-refractivity contribution is -0.136. The fourth-order valence-corrected chi connectivity index (χ4v) is 2.11. The number of carboxylic acid groups (broad SMARTS) is 1. The number of carboxylic acids is 1. The SMILES string of the molecule is CC(C)(C)OC(=O)N1CCCC(CNCC(=O)O)C1. The fourth-order valence-electron chi connectivity index (χ4n) is 2.11. The highest BCUT2D eigenvalue weighted by Gasteiger charge is 2.27. The summed E-state index contributed by atoms with van der Waals surface area (Å²) in [5.41, 5.74) is -0.481. The Hall–Kier alpha value is -1.30. The lowest BCUT2D eigenvalue weighted by Gasteiger charge is -2.34. The standard InChI is InChI=1S/C13H24N2O4/c1-13(2,3)19-12(18)15-6-4-5-10(9-15)7-14-8-11(16)17/h10,14H,4-9H2,1-3H3,(H,16,17). The van der Waals surface area contributed by atoms with E-state index in [2.05, 4.69) is 5.32 Å². The van der Waals surface area contributed by atoms with Gasteiger partial charge in [0.15, 0.2) is 0 Å². The molecule has 0 radical (unpaired) electrons. The van der Waals surface area contributed by atoms with E-state index in [1.807, 2.05) is 20.8 Å². The van der Waals surface area contributed by atoms with Crippen molar-refractivity contribution in [2.24, 2.45) is 5.92 Å². The molecule has 0 aliphatic carbocycles. The third kappa shape index (κ3) is 6.42. The molecule has 1 aliphatic heterocycles. The monoisotopic (exact) mass is 272 g/mol. The van der Waals surface area contributed by atoms with Crippen molar-refractivity contribution in [3.8, 4) is 0 Å². The molecule has 1 saturated heterocycles. The number of ether oxygens (including phenoxy) is 1. The number of amides is 1. The fraction of sp³-hybridized carbons (Fsp3) is 0.846. The second-order valence-electron chi connectivity index (χ2n) is 5.96. The minimum absolute atomic E-state index is 0.0388. The lowest BCUT2D eigenvalue weighted by atomic mass is 9.98. The molecule has 1 heterocycles. The van der Waals surface area contributed by atoms with Crippen LogP contribution >= 0.6 is 0 Å². The van der Waals surface area contributed by atoms with Crippen molar-refractivity contribution in [2.75, 3.05) is 26.2 Å². The first kappa shape index (κ1) is 15.8. The van der Waals surface area contributed by atoms with Crippen molar-refractivity contribution in [1.29, 1.82) is 0 Å². The van der Waals surface area contributed by atoms with Crippen molar-refractivity contribution in [2.45, 2.75) is 39.2 Å². The summed E-state index contributed by atoms with van der Waals surface area (Å²) in [6, 6.07) is 0. The molecule has 2 N–H and O–H groups in total. The number of likely N-dealkylation sites (tertiary alicyclic amines) is 1. The maximum absolute atomic E-state index is 11.9. The van der Waals surface area contributed by atoms with Gasteiger partial charge in [-0.2, -0.15) is 0 Å². The summed E-state index contributed by atoms with van der Waals surface area (Å²) in [6.45, 7) is 7.46. The number of nitrogens with zero attached hydrogens (tertiary/aromatic N) is 1. The Morgan fingerprint density at radius 1 is 1.42 bits per heavy atom. The Morgan fingerprint density at radius 2 is 2.11 bits per heavy atom. The zero-order valence-corrected chi connectivity index (χ0v) is 11.9. The number of aliphatic carboxylic acids is 1. The van der Waals surface area contributed by atoms with Gasteiger partial charge in [-0.3, -0.25) is 4.79 Å². The second-order valence-corrected chi connectivity index (χ2v) is 5.96. The smallest absolute Gasteiger partial charge is 0.410 e. The molecule has 1 atom stereocenters. The second kappa shape index (κ2) is 6.75. The number of hydrogen-bond donors (Lipinski definition) is 2. The normalized spacial score (nSPS) is 20.2. The molecule has 0 aromatic rings. The van der Waals surface area contributed by atoms with Crippen LogP contribution in [0.3, 0.4) is 0 Å². The average Bonchev–Trinajstić information content (AvgIpc) is 2.26. The van der Waals surface area contributed by atoms with Crippen molar-refractivity contribution >= 4 is 12.1 Å². The molecule has 1 amide bonds. The van der Waals surface area contributed by atoms with Gasteiger partial charge in [0, 0.05) is 19.6 Å². The average molecular weight is 272 g/mol. The summed E-state index contributed by atoms with van der Waals surface area (Å²) in [4.78, 5) is 24.1. The van der Waals surface area contributed by atoms with Gasteiger partial charge in [0.1, 0.15) is 5.60 Å². The van der Waals surface area contributed by atoms with Gasteiger partial charge in [0.25, 0.3) is 0 Å². The van der Waals surface area contributed by atoms with Gasteiger partial charge in [-0.1, -0.05) is 0 Å². The number of carbonyl (C=O) groups excluding carboxylic acids is 1. The van der Waals surface area contributed by atoms with Gasteiger partial charge in [-0.15, -0.1) is 0 Å². The molecule has 6 heteroatoms. The molecule has 19 heavy (non-hydrogen) atoms. The maximum atomic E-state index is 11.9. The molecule has 0 bridgehead atoms. The third-order valence-corrected chi connectivity index (χ3v) is 2.88. The van der Waals surface area contributed by atoms with E-state index >= 15 is 0 Å². The van der Waals surface area contributed by atoms with Crippen LogP contribution in [0.4, 0.5) is 4.79 Å². The predicted molar refractivity (Wildman–Crippen MR) is 71.0 cm³/mol. The van der Waals surface area contributed by atoms with Crippen LogP contribution in [0.25, 0.3) is 0 Å². The molecular weight excluding hydrogens is 248 g/mol. The van der Waals surface area contributed by atoms with Gasteiger partial charge < -0.3 is 20.1 Å². The minimum Gasteiger partial charge on any atom is -0.480 e. The van der Waals surface area contributed by atoms with Gasteiger partial charge >= 0.3 is 12.1 Å². The van der Waals surface area contributed by atoms with Gasteiger partial charge in [-0.05, 0) is 39.5 Å². The van der Waals surface area contributed by atoms with E-state index in [1.165, 1.54) is 0 Å². The molecule has 1 unspecified atom stereocenters. The Morgan fingerprint density at radius 3 is 2.68 bits per heavy atom. The highest BCUT2D eigenvalue weighted by molar-refractivity contribution is 5.69. The van der Waals surface area contributed by atoms with E-state index in [0.29, 0.717) is 25.6 Å². The van der Waals surface area contributed by atoms with E-state index in [1.54, 1.807) is 4.90 Å². The van der Waals surface area contributed by atoms with Crippen LogP contribution in [0.5, 0.6) is 0 Å². The first-order valence-corrected chi connectivity index (χ1v) is 6.68. The summed E-state index contributed by atoms with van der Waals surface area (Å²) in [5, 5.41) is 11.4. The van der Waals surface area contributed by atoms with Crippen LogP contribution in [-0.4, -0.2) is 53.8 Å². The van der Waals surface area contributed by atoms with Crippen molar-refractivity contribution in [3.05, 3.63) is 0 Å². The Balaban J connectivity index is 2.37. The first-order chi connectivity index (χ1) is 8.78. The highest BCUT2D eigenvalue weighted by atomic mass is 16.6. The number of carbonyl (C=O) groups is 2. The number of nitrogens with one attached hydrogen (secondary N) is 1. The van der Waals surface area contributed by atoms with Crippen molar-refractivity contribution in [1.82, 2.24) is 10.2 Å². The molecule has 110 valence electrons. The van der Waals surface area contributed by atoms with Crippen LogP contribution in [-0.2, 0) is 9.53 Å². The predicted octanol–water partition coefficient (Wildman–Crippen LogP) is 1.31. The topological polar surface area (TPSA) is 78.9 Å². The molecular formula is C13H24N2O4. The summed E-state index contributed by atoms with van der Waals surface area (Å²) in [5.74, 6) is -0.569. The van der Waals surface area contributed by atoms with Crippen molar-refractivity contribution in [3.63, 3.8) is 0 Å². The molecule has 1 fully saturated rings. The summed E-state index contributed by atoms with van der Waals surface area (Å²) in [6.07, 6.45) is 1.65. The summed E-state index contributed by atoms with van der Waals surface area (Å²) < 4.78 is 5.34. The number of hydrogen-bond acceptors (Lipinski definition) is 4. The molecule has 6 nitrogen and oxygen atoms in total. The van der Waals surface area contributed by atoms with Crippen LogP contribution in [0, 0.1) is 5.92 Å². The first-order valence-electron chi connectivity index (χ1n) is 6.68. The third-order valence-electron chi connectivity index (χ3n) is 2.88. The van der Waals surface area contributed by atoms with Crippen LogP contribution in [0.1, 0.15) is 33.6 Å². The van der Waals surface area contributed by atoms with E-state index in [4.69, 9.17) is 9.84 Å². The summed E-state index contributed by atoms with van der Waals surface area (Å²) >= 11 is 0. The van der Waals surface area contributed by atoms with Gasteiger partial charge in [-0.25, -0.2) is 4.79 Å². The highest BCUT2D eigenvalue weighted by Crippen LogP contribution is 2.18. The number of rotatable bonds is 4. The van der Waals surface area contributed by atoms with Gasteiger partial charge in [0.05, 0.1) is 6.54 Å². The molecule has 0 spiro atoms. The van der Waals surface area contributed by atoms with Crippen LogP contribution in [0.15, 0.2) is 0 Å². The zero-order chi connectivity index (χ0) is 14.5. The van der Waals surface area contributed by atoms with E-state index in [9.17, 15) is 9.59 Å². The van der Waals surface area contributed by atoms with Crippen molar-refractivity contribution < 1.29 is 19.4 Å². The minimum atomic E-state index is -0.861. The lowest BCUT2D eigenvalue weighted by Crippen LogP contribution is -2.45. The molecule has 0 aromatic heterocycles. The Labute approximate surface area is 114 Å². The summed E-state index contributed by atoms with van der Waals surface area (Å²) in [7, 11) is 0. The van der Waals surface area contributed by atoms with Crippen LogP contribution in [0.2, 0.25) is 0 Å². The largest absolute Gasteiger partial charge is 0.480 e. The Bertz CT molecular complexity index is 325. The van der Waals surface area contributed by atoms with Crippen LogP contribution < -0.4 is 5.32 Å². The van der Waals surface area contributed by atoms with E-state index < -0.39 is 11.6 Å². The van der Waals surface area contributed by atoms with E-state index in [0.717, 1.165) is 12.8 Å².